The Labute approximate surface area is 95.8 Å². The van der Waals surface area contributed by atoms with Crippen molar-refractivity contribution in [2.24, 2.45) is 0 Å². The van der Waals surface area contributed by atoms with E-state index in [1.807, 2.05) is 12.1 Å². The van der Waals surface area contributed by atoms with E-state index in [0.29, 0.717) is 12.3 Å². The first kappa shape index (κ1) is 11.1. The second-order valence-electron chi connectivity index (χ2n) is 4.14. The Kier molecular flexibility index (Phi) is 3.57. The molecule has 1 atom stereocenters. The molecule has 0 spiro atoms. The molecule has 1 unspecified atom stereocenters. The fraction of sp³-hybridized carbons (Fsp3) is 0.462. The number of nitrogens with one attached hydrogen (secondary N) is 1. The highest BCUT2D eigenvalue weighted by Gasteiger charge is 2.20. The van der Waals surface area contributed by atoms with Gasteiger partial charge in [-0.2, -0.15) is 0 Å². The van der Waals surface area contributed by atoms with E-state index in [1.54, 1.807) is 0 Å². The van der Waals surface area contributed by atoms with Gasteiger partial charge in [-0.25, -0.2) is 0 Å². The standard InChI is InChI=1S/C13H17NO2/c1-16-13(15)8-10-6-7-14-9-11-4-2-3-5-12(10)11/h2-5,10,14H,6-9H2,1H3. The molecule has 0 amide bonds. The topological polar surface area (TPSA) is 38.3 Å². The Morgan fingerprint density at radius 3 is 3.12 bits per heavy atom. The van der Waals surface area contributed by atoms with Crippen LogP contribution in [0.4, 0.5) is 0 Å². The maximum absolute atomic E-state index is 11.4. The predicted molar refractivity (Wildman–Crippen MR) is 62.1 cm³/mol. The molecule has 0 fully saturated rings. The lowest BCUT2D eigenvalue weighted by molar-refractivity contribution is -0.141. The fourth-order valence-corrected chi connectivity index (χ4v) is 2.24. The minimum atomic E-state index is -0.123. The molecule has 86 valence electrons. The molecule has 1 aromatic carbocycles. The molecule has 1 aliphatic rings. The van der Waals surface area contributed by atoms with E-state index in [4.69, 9.17) is 4.74 Å². The normalized spacial score (nSPS) is 19.7. The molecular formula is C13H17NO2. The third-order valence-electron chi connectivity index (χ3n) is 3.12. The highest BCUT2D eigenvalue weighted by atomic mass is 16.5. The molecule has 0 radical (unpaired) electrons. The molecule has 0 bridgehead atoms. The van der Waals surface area contributed by atoms with Crippen LogP contribution in [0.2, 0.25) is 0 Å². The van der Waals surface area contributed by atoms with Gasteiger partial charge in [-0.15, -0.1) is 0 Å². The summed E-state index contributed by atoms with van der Waals surface area (Å²) in [6.45, 7) is 1.85. The molecule has 0 saturated carbocycles. The Morgan fingerprint density at radius 2 is 2.31 bits per heavy atom. The third kappa shape index (κ3) is 2.42. The summed E-state index contributed by atoms with van der Waals surface area (Å²) in [6.07, 6.45) is 1.47. The van der Waals surface area contributed by atoms with Gasteiger partial charge < -0.3 is 10.1 Å². The average Bonchev–Trinajstić information content (AvgIpc) is 2.52. The lowest BCUT2D eigenvalue weighted by Gasteiger charge is -2.15. The summed E-state index contributed by atoms with van der Waals surface area (Å²) in [7, 11) is 1.45. The molecule has 2 rings (SSSR count). The monoisotopic (exact) mass is 219 g/mol. The number of ether oxygens (including phenoxy) is 1. The number of esters is 1. The van der Waals surface area contributed by atoms with Crippen LogP contribution in [0.3, 0.4) is 0 Å². The van der Waals surface area contributed by atoms with Gasteiger partial charge in [0.05, 0.1) is 13.5 Å². The lowest BCUT2D eigenvalue weighted by atomic mass is 9.90. The Balaban J connectivity index is 2.22. The summed E-state index contributed by atoms with van der Waals surface area (Å²) in [4.78, 5) is 11.4. The SMILES string of the molecule is COC(=O)CC1CCNCc2ccccc21. The predicted octanol–water partition coefficient (Wildman–Crippen LogP) is 1.83. The van der Waals surface area contributed by atoms with E-state index in [2.05, 4.69) is 17.4 Å². The summed E-state index contributed by atoms with van der Waals surface area (Å²) < 4.78 is 4.75. The minimum absolute atomic E-state index is 0.123. The van der Waals surface area contributed by atoms with Crippen molar-refractivity contribution in [1.82, 2.24) is 5.32 Å². The van der Waals surface area contributed by atoms with Crippen molar-refractivity contribution in [2.45, 2.75) is 25.3 Å². The summed E-state index contributed by atoms with van der Waals surface area (Å²) in [5.41, 5.74) is 2.59. The molecule has 0 aliphatic carbocycles. The van der Waals surface area contributed by atoms with Gasteiger partial charge in [0.25, 0.3) is 0 Å². The summed E-state index contributed by atoms with van der Waals surface area (Å²) in [6, 6.07) is 8.32. The van der Waals surface area contributed by atoms with Gasteiger partial charge in [0.1, 0.15) is 0 Å². The van der Waals surface area contributed by atoms with E-state index < -0.39 is 0 Å². The average molecular weight is 219 g/mol. The fourth-order valence-electron chi connectivity index (χ4n) is 2.24. The molecule has 0 saturated heterocycles. The molecule has 1 aliphatic heterocycles. The number of hydrogen-bond acceptors (Lipinski definition) is 3. The van der Waals surface area contributed by atoms with Crippen molar-refractivity contribution in [3.63, 3.8) is 0 Å². The number of fused-ring (bicyclic) bond motifs is 1. The molecule has 1 aromatic rings. The van der Waals surface area contributed by atoms with Crippen molar-refractivity contribution in [2.75, 3.05) is 13.7 Å². The second-order valence-corrected chi connectivity index (χ2v) is 4.14. The van der Waals surface area contributed by atoms with Crippen LogP contribution in [0.25, 0.3) is 0 Å². The summed E-state index contributed by atoms with van der Waals surface area (Å²) >= 11 is 0. The molecule has 1 heterocycles. The molecule has 16 heavy (non-hydrogen) atoms. The highest BCUT2D eigenvalue weighted by Crippen LogP contribution is 2.28. The maximum Gasteiger partial charge on any atom is 0.306 e. The number of methoxy groups -OCH3 is 1. The molecule has 3 heteroatoms. The van der Waals surface area contributed by atoms with Gasteiger partial charge in [-0.05, 0) is 30.0 Å². The highest BCUT2D eigenvalue weighted by molar-refractivity contribution is 5.70. The molecule has 3 nitrogen and oxygen atoms in total. The maximum atomic E-state index is 11.4. The smallest absolute Gasteiger partial charge is 0.306 e. The lowest BCUT2D eigenvalue weighted by Crippen LogP contribution is -2.13. The van der Waals surface area contributed by atoms with Crippen LogP contribution in [-0.2, 0) is 16.1 Å². The number of carbonyl (C=O) groups excluding carboxylic acids is 1. The van der Waals surface area contributed by atoms with E-state index >= 15 is 0 Å². The van der Waals surface area contributed by atoms with E-state index in [9.17, 15) is 4.79 Å². The largest absolute Gasteiger partial charge is 0.469 e. The zero-order valence-electron chi connectivity index (χ0n) is 9.53. The summed E-state index contributed by atoms with van der Waals surface area (Å²) in [5, 5.41) is 3.37. The van der Waals surface area contributed by atoms with Crippen LogP contribution < -0.4 is 5.32 Å². The zero-order valence-corrected chi connectivity index (χ0v) is 9.53. The number of hydrogen-bond donors (Lipinski definition) is 1. The first-order valence-electron chi connectivity index (χ1n) is 5.66. The van der Waals surface area contributed by atoms with Crippen LogP contribution in [0.1, 0.15) is 29.9 Å². The first-order valence-corrected chi connectivity index (χ1v) is 5.66. The van der Waals surface area contributed by atoms with Crippen molar-refractivity contribution < 1.29 is 9.53 Å². The van der Waals surface area contributed by atoms with Crippen LogP contribution in [0, 0.1) is 0 Å². The van der Waals surface area contributed by atoms with Crippen molar-refractivity contribution in [3.05, 3.63) is 35.4 Å². The van der Waals surface area contributed by atoms with Gasteiger partial charge in [-0.1, -0.05) is 24.3 Å². The van der Waals surface area contributed by atoms with Gasteiger partial charge in [0, 0.05) is 6.54 Å². The van der Waals surface area contributed by atoms with E-state index in [-0.39, 0.29) is 5.97 Å². The number of benzene rings is 1. The Hall–Kier alpha value is -1.35. The number of carbonyl (C=O) groups is 1. The van der Waals surface area contributed by atoms with Crippen LogP contribution >= 0.6 is 0 Å². The minimum Gasteiger partial charge on any atom is -0.469 e. The molecule has 1 N–H and O–H groups in total. The van der Waals surface area contributed by atoms with Gasteiger partial charge in [-0.3, -0.25) is 4.79 Å². The van der Waals surface area contributed by atoms with Crippen molar-refractivity contribution in [3.8, 4) is 0 Å². The Morgan fingerprint density at radius 1 is 1.50 bits per heavy atom. The van der Waals surface area contributed by atoms with Crippen molar-refractivity contribution in [1.29, 1.82) is 0 Å². The zero-order chi connectivity index (χ0) is 11.4. The number of rotatable bonds is 2. The van der Waals surface area contributed by atoms with E-state index in [0.717, 1.165) is 19.5 Å². The third-order valence-corrected chi connectivity index (χ3v) is 3.12. The molecular weight excluding hydrogens is 202 g/mol. The summed E-state index contributed by atoms with van der Waals surface area (Å²) in [5.74, 6) is 0.167. The molecule has 0 aromatic heterocycles. The second kappa shape index (κ2) is 5.12. The van der Waals surface area contributed by atoms with Crippen LogP contribution in [0.15, 0.2) is 24.3 Å². The van der Waals surface area contributed by atoms with Crippen LogP contribution in [-0.4, -0.2) is 19.6 Å². The van der Waals surface area contributed by atoms with Crippen LogP contribution in [0.5, 0.6) is 0 Å². The van der Waals surface area contributed by atoms with E-state index in [1.165, 1.54) is 18.2 Å². The quantitative estimate of drug-likeness (QED) is 0.771. The Bertz CT molecular complexity index is 376. The van der Waals surface area contributed by atoms with Gasteiger partial charge in [0.2, 0.25) is 0 Å². The van der Waals surface area contributed by atoms with Crippen molar-refractivity contribution >= 4 is 5.97 Å². The van der Waals surface area contributed by atoms with Gasteiger partial charge >= 0.3 is 5.97 Å². The first-order chi connectivity index (χ1) is 7.81. The van der Waals surface area contributed by atoms with Gasteiger partial charge in [0.15, 0.2) is 0 Å².